The van der Waals surface area contributed by atoms with Gasteiger partial charge in [0.05, 0.1) is 6.04 Å². The van der Waals surface area contributed by atoms with E-state index in [1.165, 1.54) is 0 Å². The smallest absolute Gasteiger partial charge is 0.410 e. The molecule has 0 aromatic heterocycles. The SMILES string of the molecule is Cc1ccc(C(O[SH](=O)=O)C2CCCN2C(=O)OC(C)(C)C)cc1. The molecule has 1 saturated heterocycles. The fourth-order valence-corrected chi connectivity index (χ4v) is 3.30. The van der Waals surface area contributed by atoms with Gasteiger partial charge in [0.15, 0.2) is 0 Å². The topological polar surface area (TPSA) is 72.9 Å². The van der Waals surface area contributed by atoms with Crippen LogP contribution in [0.5, 0.6) is 0 Å². The third-order valence-electron chi connectivity index (χ3n) is 3.88. The van der Waals surface area contributed by atoms with E-state index in [4.69, 9.17) is 8.92 Å². The zero-order valence-electron chi connectivity index (χ0n) is 14.5. The van der Waals surface area contributed by atoms with Crippen LogP contribution in [0.25, 0.3) is 0 Å². The van der Waals surface area contributed by atoms with E-state index in [0.29, 0.717) is 13.0 Å². The maximum absolute atomic E-state index is 12.4. The average Bonchev–Trinajstić information content (AvgIpc) is 2.93. The summed E-state index contributed by atoms with van der Waals surface area (Å²) < 4.78 is 33.0. The van der Waals surface area contributed by atoms with Gasteiger partial charge >= 0.3 is 6.09 Å². The predicted octanol–water partition coefficient (Wildman–Crippen LogP) is 2.98. The van der Waals surface area contributed by atoms with E-state index in [2.05, 4.69) is 0 Å². The third-order valence-corrected chi connectivity index (χ3v) is 4.28. The summed E-state index contributed by atoms with van der Waals surface area (Å²) in [5.74, 6) is 0. The zero-order chi connectivity index (χ0) is 17.9. The second-order valence-electron chi connectivity index (χ2n) is 7.04. The molecule has 0 aliphatic carbocycles. The van der Waals surface area contributed by atoms with Gasteiger partial charge in [-0.15, -0.1) is 0 Å². The maximum atomic E-state index is 12.4. The first-order valence-electron chi connectivity index (χ1n) is 8.05. The second-order valence-corrected chi connectivity index (χ2v) is 7.70. The first-order valence-corrected chi connectivity index (χ1v) is 9.14. The molecule has 1 aliphatic rings. The minimum Gasteiger partial charge on any atom is -0.444 e. The molecule has 1 aliphatic heterocycles. The Labute approximate surface area is 144 Å². The van der Waals surface area contributed by atoms with Crippen LogP contribution in [0.4, 0.5) is 4.79 Å². The van der Waals surface area contributed by atoms with Gasteiger partial charge in [-0.05, 0) is 46.1 Å². The van der Waals surface area contributed by atoms with Gasteiger partial charge in [-0.2, -0.15) is 0 Å². The van der Waals surface area contributed by atoms with E-state index >= 15 is 0 Å². The summed E-state index contributed by atoms with van der Waals surface area (Å²) in [6.07, 6.45) is 0.292. The Morgan fingerprint density at radius 1 is 1.25 bits per heavy atom. The van der Waals surface area contributed by atoms with Crippen LogP contribution in [0.3, 0.4) is 0 Å². The van der Waals surface area contributed by atoms with Gasteiger partial charge in [0, 0.05) is 6.54 Å². The van der Waals surface area contributed by atoms with Gasteiger partial charge < -0.3 is 9.64 Å². The van der Waals surface area contributed by atoms with E-state index in [9.17, 15) is 13.2 Å². The lowest BCUT2D eigenvalue weighted by Gasteiger charge is -2.32. The van der Waals surface area contributed by atoms with E-state index in [0.717, 1.165) is 17.5 Å². The monoisotopic (exact) mass is 355 g/mol. The Bertz CT molecular complexity index is 640. The first kappa shape index (κ1) is 18.7. The quantitative estimate of drug-likeness (QED) is 0.841. The summed E-state index contributed by atoms with van der Waals surface area (Å²) in [6.45, 7) is 7.90. The largest absolute Gasteiger partial charge is 0.444 e. The van der Waals surface area contributed by atoms with Crippen molar-refractivity contribution < 1.29 is 22.1 Å². The Morgan fingerprint density at radius 2 is 1.88 bits per heavy atom. The summed E-state index contributed by atoms with van der Waals surface area (Å²) >= 11 is 0. The van der Waals surface area contributed by atoms with Crippen molar-refractivity contribution in [3.05, 3.63) is 35.4 Å². The Morgan fingerprint density at radius 3 is 2.42 bits per heavy atom. The molecule has 0 radical (unpaired) electrons. The molecule has 7 heteroatoms. The summed E-state index contributed by atoms with van der Waals surface area (Å²) in [7, 11) is -3.03. The molecule has 1 amide bonds. The van der Waals surface area contributed by atoms with E-state index < -0.39 is 28.8 Å². The van der Waals surface area contributed by atoms with Crippen molar-refractivity contribution in [3.63, 3.8) is 0 Å². The second kappa shape index (κ2) is 7.53. The molecule has 0 N–H and O–H groups in total. The Kier molecular flexibility index (Phi) is 5.87. The number of likely N-dealkylation sites (tertiary alicyclic amines) is 1. The van der Waals surface area contributed by atoms with Crippen LogP contribution in [-0.4, -0.2) is 37.6 Å². The summed E-state index contributed by atoms with van der Waals surface area (Å²) in [4.78, 5) is 14.0. The first-order chi connectivity index (χ1) is 11.2. The van der Waals surface area contributed by atoms with Crippen molar-refractivity contribution in [1.82, 2.24) is 4.90 Å². The van der Waals surface area contributed by atoms with Crippen LogP contribution in [0.1, 0.15) is 50.8 Å². The molecule has 2 unspecified atom stereocenters. The van der Waals surface area contributed by atoms with Crippen LogP contribution in [0.2, 0.25) is 0 Å². The lowest BCUT2D eigenvalue weighted by molar-refractivity contribution is 0.0100. The summed E-state index contributed by atoms with van der Waals surface area (Å²) in [5.41, 5.74) is 1.20. The van der Waals surface area contributed by atoms with Gasteiger partial charge in [-0.1, -0.05) is 29.8 Å². The van der Waals surface area contributed by atoms with Crippen molar-refractivity contribution in [2.75, 3.05) is 6.54 Å². The molecular formula is C17H25NO5S. The molecule has 0 saturated carbocycles. The van der Waals surface area contributed by atoms with E-state index in [1.54, 1.807) is 25.7 Å². The lowest BCUT2D eigenvalue weighted by atomic mass is 9.99. The molecule has 1 heterocycles. The van der Waals surface area contributed by atoms with Gasteiger partial charge in [0.2, 0.25) is 0 Å². The lowest BCUT2D eigenvalue weighted by Crippen LogP contribution is -2.42. The zero-order valence-corrected chi connectivity index (χ0v) is 15.4. The number of thiol groups is 1. The molecule has 1 fully saturated rings. The normalized spacial score (nSPS) is 19.5. The molecule has 0 spiro atoms. The third kappa shape index (κ3) is 4.95. The van der Waals surface area contributed by atoms with Crippen molar-refractivity contribution in [1.29, 1.82) is 0 Å². The fraction of sp³-hybridized carbons (Fsp3) is 0.588. The molecule has 6 nitrogen and oxygen atoms in total. The number of rotatable bonds is 4. The molecule has 1 aromatic carbocycles. The van der Waals surface area contributed by atoms with Gasteiger partial charge in [-0.25, -0.2) is 13.2 Å². The van der Waals surface area contributed by atoms with Crippen molar-refractivity contribution in [2.24, 2.45) is 0 Å². The number of amides is 1. The minimum absolute atomic E-state index is 0.365. The molecule has 24 heavy (non-hydrogen) atoms. The molecule has 134 valence electrons. The number of benzene rings is 1. The highest BCUT2D eigenvalue weighted by atomic mass is 32.2. The number of aryl methyl sites for hydroxylation is 1. The molecule has 0 bridgehead atoms. The Balaban J connectivity index is 2.27. The summed E-state index contributed by atoms with van der Waals surface area (Å²) in [6, 6.07) is 7.11. The van der Waals surface area contributed by atoms with Crippen molar-refractivity contribution in [2.45, 2.75) is 58.3 Å². The van der Waals surface area contributed by atoms with Crippen LogP contribution >= 0.6 is 0 Å². The van der Waals surface area contributed by atoms with E-state index in [-0.39, 0.29) is 6.04 Å². The molecule has 1 aromatic rings. The van der Waals surface area contributed by atoms with Crippen LogP contribution in [0.15, 0.2) is 24.3 Å². The van der Waals surface area contributed by atoms with Gasteiger partial charge in [0.25, 0.3) is 11.0 Å². The van der Waals surface area contributed by atoms with E-state index in [1.807, 2.05) is 31.2 Å². The minimum atomic E-state index is -3.03. The number of hydrogen-bond donors (Lipinski definition) is 1. The maximum Gasteiger partial charge on any atom is 0.410 e. The van der Waals surface area contributed by atoms with Gasteiger partial charge in [-0.3, -0.25) is 4.18 Å². The standard InChI is InChI=1S/C17H25NO5S/c1-12-7-9-13(10-8-12)15(23-24(20)21)14-6-5-11-18(14)16(19)22-17(2,3)4/h7-10,14-15,24H,5-6,11H2,1-4H3. The van der Waals surface area contributed by atoms with Crippen LogP contribution in [-0.2, 0) is 19.9 Å². The van der Waals surface area contributed by atoms with Crippen LogP contribution < -0.4 is 0 Å². The fourth-order valence-electron chi connectivity index (χ4n) is 2.86. The average molecular weight is 355 g/mol. The number of ether oxygens (including phenoxy) is 1. The van der Waals surface area contributed by atoms with Crippen LogP contribution in [0, 0.1) is 6.92 Å². The molecule has 2 rings (SSSR count). The Hall–Kier alpha value is -1.60. The van der Waals surface area contributed by atoms with Crippen molar-refractivity contribution >= 4 is 17.1 Å². The number of carbonyl (C=O) groups excluding carboxylic acids is 1. The highest BCUT2D eigenvalue weighted by molar-refractivity contribution is 7.67. The summed E-state index contributed by atoms with van der Waals surface area (Å²) in [5, 5.41) is 0. The highest BCUT2D eigenvalue weighted by Gasteiger charge is 2.39. The predicted molar refractivity (Wildman–Crippen MR) is 91.3 cm³/mol. The number of carbonyl (C=O) groups is 1. The molecule has 2 atom stereocenters. The van der Waals surface area contributed by atoms with Gasteiger partial charge in [0.1, 0.15) is 11.7 Å². The highest BCUT2D eigenvalue weighted by Crippen LogP contribution is 2.33. The molecular weight excluding hydrogens is 330 g/mol. The van der Waals surface area contributed by atoms with Crippen molar-refractivity contribution in [3.8, 4) is 0 Å². The number of hydrogen-bond acceptors (Lipinski definition) is 5. The number of nitrogens with zero attached hydrogens (tertiary/aromatic N) is 1.